The fourth-order valence-electron chi connectivity index (χ4n) is 2.71. The van der Waals surface area contributed by atoms with Crippen LogP contribution >= 0.6 is 0 Å². The second kappa shape index (κ2) is 5.71. The van der Waals surface area contributed by atoms with Gasteiger partial charge in [-0.3, -0.25) is 0 Å². The highest BCUT2D eigenvalue weighted by Gasteiger charge is 2.05. The quantitative estimate of drug-likeness (QED) is 0.617. The summed E-state index contributed by atoms with van der Waals surface area (Å²) in [7, 11) is 0. The highest BCUT2D eigenvalue weighted by Crippen LogP contribution is 2.23. The number of aliphatic hydroxyl groups excluding tert-OH is 1. The molecule has 0 saturated carbocycles. The minimum Gasteiger partial charge on any atom is -0.392 e. The summed E-state index contributed by atoms with van der Waals surface area (Å²) in [6.07, 6.45) is 4.14. The third kappa shape index (κ3) is 2.62. The molecule has 0 aliphatic heterocycles. The number of nitrogens with zero attached hydrogens (tertiary/aromatic N) is 2. The first-order valence-corrected chi connectivity index (χ1v) is 7.58. The van der Waals surface area contributed by atoms with Gasteiger partial charge in [0.25, 0.3) is 0 Å². The molecule has 4 aromatic rings. The zero-order valence-corrected chi connectivity index (χ0v) is 12.6. The number of pyridine rings is 1. The average Bonchev–Trinajstić information content (AvgIpc) is 3.06. The van der Waals surface area contributed by atoms with Crippen LogP contribution in [0.25, 0.3) is 28.0 Å². The molecule has 112 valence electrons. The maximum absolute atomic E-state index is 9.14. The predicted molar refractivity (Wildman–Crippen MR) is 92.0 cm³/mol. The van der Waals surface area contributed by atoms with E-state index in [9.17, 15) is 0 Å². The minimum absolute atomic E-state index is 0.0707. The van der Waals surface area contributed by atoms with Crippen LogP contribution in [0.15, 0.2) is 79.1 Å². The van der Waals surface area contributed by atoms with E-state index in [-0.39, 0.29) is 6.61 Å². The van der Waals surface area contributed by atoms with E-state index < -0.39 is 0 Å². The standard InChI is InChI=1S/C20H16N2O/c23-14-15-6-8-16(9-7-15)18-10-11-20-21-19(13-22(20)12-18)17-4-2-1-3-5-17/h1-13,23H,14H2. The van der Waals surface area contributed by atoms with Gasteiger partial charge in [0.2, 0.25) is 0 Å². The summed E-state index contributed by atoms with van der Waals surface area (Å²) in [6, 6.07) is 22.2. The third-order valence-corrected chi connectivity index (χ3v) is 3.99. The number of benzene rings is 2. The lowest BCUT2D eigenvalue weighted by Gasteiger charge is -2.03. The summed E-state index contributed by atoms with van der Waals surface area (Å²) in [5.41, 5.74) is 6.19. The van der Waals surface area contributed by atoms with E-state index in [0.717, 1.165) is 33.6 Å². The highest BCUT2D eigenvalue weighted by atomic mass is 16.3. The van der Waals surface area contributed by atoms with Crippen LogP contribution in [-0.4, -0.2) is 14.5 Å². The SMILES string of the molecule is OCc1ccc(-c2ccc3nc(-c4ccccc4)cn3c2)cc1. The topological polar surface area (TPSA) is 37.5 Å². The van der Waals surface area contributed by atoms with E-state index in [1.165, 1.54) is 0 Å². The summed E-state index contributed by atoms with van der Waals surface area (Å²) in [5.74, 6) is 0. The van der Waals surface area contributed by atoms with Crippen LogP contribution in [0.3, 0.4) is 0 Å². The number of hydrogen-bond donors (Lipinski definition) is 1. The normalized spacial score (nSPS) is 11.0. The molecular weight excluding hydrogens is 284 g/mol. The summed E-state index contributed by atoms with van der Waals surface area (Å²) in [5, 5.41) is 9.14. The molecule has 0 spiro atoms. The Morgan fingerprint density at radius 3 is 2.22 bits per heavy atom. The molecule has 0 bridgehead atoms. The van der Waals surface area contributed by atoms with Gasteiger partial charge in [-0.05, 0) is 28.8 Å². The van der Waals surface area contributed by atoms with Crippen LogP contribution in [0.1, 0.15) is 5.56 Å². The summed E-state index contributed by atoms with van der Waals surface area (Å²) < 4.78 is 2.05. The number of imidazole rings is 1. The molecule has 0 aliphatic rings. The zero-order chi connectivity index (χ0) is 15.6. The molecule has 4 rings (SSSR count). The lowest BCUT2D eigenvalue weighted by atomic mass is 10.1. The first-order chi connectivity index (χ1) is 11.3. The molecule has 2 aromatic heterocycles. The number of aliphatic hydroxyl groups is 1. The Balaban J connectivity index is 1.75. The molecule has 0 atom stereocenters. The van der Waals surface area contributed by atoms with Gasteiger partial charge in [0.05, 0.1) is 12.3 Å². The average molecular weight is 300 g/mol. The van der Waals surface area contributed by atoms with Crippen LogP contribution in [0.4, 0.5) is 0 Å². The van der Waals surface area contributed by atoms with Gasteiger partial charge in [-0.2, -0.15) is 0 Å². The van der Waals surface area contributed by atoms with Crippen LogP contribution in [-0.2, 0) is 6.61 Å². The summed E-state index contributed by atoms with van der Waals surface area (Å²) in [4.78, 5) is 4.68. The monoisotopic (exact) mass is 300 g/mol. The maximum Gasteiger partial charge on any atom is 0.137 e. The Hall–Kier alpha value is -2.91. The molecule has 23 heavy (non-hydrogen) atoms. The van der Waals surface area contributed by atoms with Crippen LogP contribution in [0, 0.1) is 0 Å². The second-order valence-corrected chi connectivity index (χ2v) is 5.53. The zero-order valence-electron chi connectivity index (χ0n) is 12.6. The van der Waals surface area contributed by atoms with Crippen molar-refractivity contribution in [3.8, 4) is 22.4 Å². The van der Waals surface area contributed by atoms with Gasteiger partial charge in [-0.25, -0.2) is 4.98 Å². The number of aromatic nitrogens is 2. The molecule has 0 aliphatic carbocycles. The lowest BCUT2D eigenvalue weighted by Crippen LogP contribution is -1.87. The fraction of sp³-hybridized carbons (Fsp3) is 0.0500. The molecule has 0 radical (unpaired) electrons. The van der Waals surface area contributed by atoms with Gasteiger partial charge in [0.1, 0.15) is 5.65 Å². The molecule has 1 N–H and O–H groups in total. The van der Waals surface area contributed by atoms with Crippen molar-refractivity contribution < 1.29 is 5.11 Å². The molecule has 2 aromatic carbocycles. The van der Waals surface area contributed by atoms with Gasteiger partial charge < -0.3 is 9.51 Å². The first-order valence-electron chi connectivity index (χ1n) is 7.58. The Kier molecular flexibility index (Phi) is 3.41. The summed E-state index contributed by atoms with van der Waals surface area (Å²) >= 11 is 0. The van der Waals surface area contributed by atoms with Crippen LogP contribution in [0.2, 0.25) is 0 Å². The molecule has 3 nitrogen and oxygen atoms in total. The Bertz CT molecular complexity index is 940. The third-order valence-electron chi connectivity index (χ3n) is 3.99. The van der Waals surface area contributed by atoms with Crippen molar-refractivity contribution in [1.29, 1.82) is 0 Å². The fourth-order valence-corrected chi connectivity index (χ4v) is 2.71. The van der Waals surface area contributed by atoms with Crippen LogP contribution in [0.5, 0.6) is 0 Å². The Labute approximate surface area is 134 Å². The van der Waals surface area contributed by atoms with Gasteiger partial charge in [-0.1, -0.05) is 54.6 Å². The molecule has 0 saturated heterocycles. The van der Waals surface area contributed by atoms with Crippen molar-refractivity contribution in [2.75, 3.05) is 0 Å². The largest absolute Gasteiger partial charge is 0.392 e. The van der Waals surface area contributed by atoms with Crippen molar-refractivity contribution in [2.45, 2.75) is 6.61 Å². The number of fused-ring (bicyclic) bond motifs is 1. The maximum atomic E-state index is 9.14. The van der Waals surface area contributed by atoms with E-state index in [1.54, 1.807) is 0 Å². The Morgan fingerprint density at radius 1 is 0.739 bits per heavy atom. The van der Waals surface area contributed by atoms with Crippen LogP contribution < -0.4 is 0 Å². The molecule has 0 fully saturated rings. The van der Waals surface area contributed by atoms with Gasteiger partial charge >= 0.3 is 0 Å². The van der Waals surface area contributed by atoms with E-state index >= 15 is 0 Å². The van der Waals surface area contributed by atoms with Gasteiger partial charge in [-0.15, -0.1) is 0 Å². The smallest absolute Gasteiger partial charge is 0.137 e. The van der Waals surface area contributed by atoms with E-state index in [1.807, 2.05) is 48.5 Å². The molecule has 0 amide bonds. The lowest BCUT2D eigenvalue weighted by molar-refractivity contribution is 0.282. The van der Waals surface area contributed by atoms with Gasteiger partial charge in [0, 0.05) is 18.0 Å². The summed E-state index contributed by atoms with van der Waals surface area (Å²) in [6.45, 7) is 0.0707. The van der Waals surface area contributed by atoms with Gasteiger partial charge in [0.15, 0.2) is 0 Å². The number of rotatable bonds is 3. The van der Waals surface area contributed by atoms with Crippen molar-refractivity contribution in [2.24, 2.45) is 0 Å². The molecule has 2 heterocycles. The molecule has 3 heteroatoms. The molecular formula is C20H16N2O. The minimum atomic E-state index is 0.0707. The van der Waals surface area contributed by atoms with Crippen molar-refractivity contribution in [1.82, 2.24) is 9.38 Å². The second-order valence-electron chi connectivity index (χ2n) is 5.53. The van der Waals surface area contributed by atoms with E-state index in [2.05, 4.69) is 40.0 Å². The van der Waals surface area contributed by atoms with Crippen molar-refractivity contribution >= 4 is 5.65 Å². The Morgan fingerprint density at radius 2 is 1.48 bits per heavy atom. The van der Waals surface area contributed by atoms with E-state index in [4.69, 9.17) is 5.11 Å². The predicted octanol–water partition coefficient (Wildman–Crippen LogP) is 4.16. The number of hydrogen-bond acceptors (Lipinski definition) is 2. The first kappa shape index (κ1) is 13.7. The van der Waals surface area contributed by atoms with Crippen molar-refractivity contribution in [3.05, 3.63) is 84.7 Å². The van der Waals surface area contributed by atoms with E-state index in [0.29, 0.717) is 0 Å². The molecule has 0 unspecified atom stereocenters. The highest BCUT2D eigenvalue weighted by molar-refractivity contribution is 5.67. The van der Waals surface area contributed by atoms with Crippen molar-refractivity contribution in [3.63, 3.8) is 0 Å².